The maximum atomic E-state index is 11.2. The standard InChI is InChI=1S/C15H28O4.CH4O/c1-4-6-8-9-11-13(10-7-5-2)12-19-15(17)14(16)18-3;1-2/h13H,4-12H2,1-3H3;2H,1H3. The normalized spacial score (nSPS) is 11.1. The Hall–Kier alpha value is -1.10. The average molecular weight is 304 g/mol. The number of carbonyl (C=O) groups is 2. The summed E-state index contributed by atoms with van der Waals surface area (Å²) in [4.78, 5) is 22.2. The maximum Gasteiger partial charge on any atom is 0.417 e. The van der Waals surface area contributed by atoms with Crippen LogP contribution in [-0.4, -0.2) is 37.9 Å². The summed E-state index contributed by atoms with van der Waals surface area (Å²) in [7, 11) is 2.18. The zero-order chi connectivity index (χ0) is 16.5. The molecule has 0 aromatic heterocycles. The van der Waals surface area contributed by atoms with E-state index in [4.69, 9.17) is 9.84 Å². The van der Waals surface area contributed by atoms with Gasteiger partial charge in [0, 0.05) is 7.11 Å². The van der Waals surface area contributed by atoms with E-state index in [1.165, 1.54) is 26.4 Å². The lowest BCUT2D eigenvalue weighted by Gasteiger charge is -2.16. The van der Waals surface area contributed by atoms with Crippen LogP contribution in [0.15, 0.2) is 0 Å². The number of hydrogen-bond donors (Lipinski definition) is 1. The highest BCUT2D eigenvalue weighted by Crippen LogP contribution is 2.17. The van der Waals surface area contributed by atoms with Gasteiger partial charge in [-0.2, -0.15) is 0 Å². The highest BCUT2D eigenvalue weighted by Gasteiger charge is 2.18. The van der Waals surface area contributed by atoms with Gasteiger partial charge in [0.25, 0.3) is 0 Å². The molecule has 1 N–H and O–H groups in total. The Bertz CT molecular complexity index is 253. The van der Waals surface area contributed by atoms with Crippen molar-refractivity contribution in [3.63, 3.8) is 0 Å². The first-order chi connectivity index (χ1) is 10.2. The van der Waals surface area contributed by atoms with Crippen LogP contribution in [0.2, 0.25) is 0 Å². The van der Waals surface area contributed by atoms with Crippen LogP contribution in [0.1, 0.15) is 65.2 Å². The zero-order valence-electron chi connectivity index (χ0n) is 14.0. The molecule has 5 nitrogen and oxygen atoms in total. The van der Waals surface area contributed by atoms with Crippen molar-refractivity contribution in [3.8, 4) is 0 Å². The van der Waals surface area contributed by atoms with Crippen molar-refractivity contribution in [2.24, 2.45) is 5.92 Å². The average Bonchev–Trinajstić information content (AvgIpc) is 2.53. The van der Waals surface area contributed by atoms with E-state index >= 15 is 0 Å². The molecule has 0 saturated carbocycles. The minimum Gasteiger partial charge on any atom is -0.461 e. The third-order valence-corrected chi connectivity index (χ3v) is 3.23. The van der Waals surface area contributed by atoms with Crippen molar-refractivity contribution in [3.05, 3.63) is 0 Å². The summed E-state index contributed by atoms with van der Waals surface area (Å²) in [6.07, 6.45) is 9.25. The van der Waals surface area contributed by atoms with Crippen LogP contribution in [0, 0.1) is 5.92 Å². The predicted octanol–water partition coefficient (Wildman–Crippen LogP) is 3.09. The van der Waals surface area contributed by atoms with Gasteiger partial charge in [-0.3, -0.25) is 0 Å². The first-order valence-corrected chi connectivity index (χ1v) is 7.85. The molecule has 0 saturated heterocycles. The lowest BCUT2D eigenvalue weighted by atomic mass is 9.96. The van der Waals surface area contributed by atoms with E-state index in [0.29, 0.717) is 12.5 Å². The van der Waals surface area contributed by atoms with E-state index in [0.717, 1.165) is 39.2 Å². The van der Waals surface area contributed by atoms with Gasteiger partial charge in [0.05, 0.1) is 13.7 Å². The summed E-state index contributed by atoms with van der Waals surface area (Å²) in [6.45, 7) is 4.67. The maximum absolute atomic E-state index is 11.2. The summed E-state index contributed by atoms with van der Waals surface area (Å²) in [5, 5.41) is 7.00. The van der Waals surface area contributed by atoms with Crippen LogP contribution in [0.5, 0.6) is 0 Å². The summed E-state index contributed by atoms with van der Waals surface area (Å²) in [5.74, 6) is -1.43. The molecule has 1 atom stereocenters. The Morgan fingerprint density at radius 2 is 1.48 bits per heavy atom. The lowest BCUT2D eigenvalue weighted by molar-refractivity contribution is -0.166. The van der Waals surface area contributed by atoms with E-state index in [-0.39, 0.29) is 0 Å². The number of hydrogen-bond acceptors (Lipinski definition) is 5. The highest BCUT2D eigenvalue weighted by atomic mass is 16.6. The van der Waals surface area contributed by atoms with Gasteiger partial charge in [0.15, 0.2) is 0 Å². The molecule has 0 bridgehead atoms. The molecule has 126 valence electrons. The van der Waals surface area contributed by atoms with Gasteiger partial charge in [0.1, 0.15) is 0 Å². The highest BCUT2D eigenvalue weighted by molar-refractivity contribution is 6.29. The van der Waals surface area contributed by atoms with Crippen molar-refractivity contribution in [2.45, 2.75) is 65.2 Å². The second-order valence-electron chi connectivity index (χ2n) is 4.95. The number of rotatable bonds is 10. The van der Waals surface area contributed by atoms with E-state index in [9.17, 15) is 9.59 Å². The van der Waals surface area contributed by atoms with E-state index in [2.05, 4.69) is 18.6 Å². The molecular weight excluding hydrogens is 272 g/mol. The predicted molar refractivity (Wildman–Crippen MR) is 82.9 cm³/mol. The van der Waals surface area contributed by atoms with Crippen LogP contribution in [0.3, 0.4) is 0 Å². The molecule has 0 radical (unpaired) electrons. The Morgan fingerprint density at radius 1 is 0.905 bits per heavy atom. The van der Waals surface area contributed by atoms with Gasteiger partial charge in [-0.1, -0.05) is 52.4 Å². The van der Waals surface area contributed by atoms with Crippen molar-refractivity contribution in [2.75, 3.05) is 20.8 Å². The largest absolute Gasteiger partial charge is 0.461 e. The molecule has 0 rings (SSSR count). The van der Waals surface area contributed by atoms with Crippen LogP contribution in [-0.2, 0) is 19.1 Å². The van der Waals surface area contributed by atoms with E-state index in [1.54, 1.807) is 0 Å². The third kappa shape index (κ3) is 13.6. The Morgan fingerprint density at radius 3 is 2.00 bits per heavy atom. The van der Waals surface area contributed by atoms with Crippen LogP contribution in [0.4, 0.5) is 0 Å². The fourth-order valence-corrected chi connectivity index (χ4v) is 2.00. The second kappa shape index (κ2) is 17.0. The Balaban J connectivity index is 0. The molecule has 5 heteroatoms. The van der Waals surface area contributed by atoms with Gasteiger partial charge < -0.3 is 14.6 Å². The summed E-state index contributed by atoms with van der Waals surface area (Å²) in [5.41, 5.74) is 0. The van der Waals surface area contributed by atoms with Crippen LogP contribution in [0.25, 0.3) is 0 Å². The summed E-state index contributed by atoms with van der Waals surface area (Å²) < 4.78 is 9.32. The number of aliphatic hydroxyl groups is 1. The Labute approximate surface area is 129 Å². The van der Waals surface area contributed by atoms with Gasteiger partial charge in [-0.05, 0) is 18.8 Å². The smallest absolute Gasteiger partial charge is 0.417 e. The molecule has 21 heavy (non-hydrogen) atoms. The first-order valence-electron chi connectivity index (χ1n) is 7.85. The third-order valence-electron chi connectivity index (χ3n) is 3.23. The lowest BCUT2D eigenvalue weighted by Crippen LogP contribution is -2.22. The topological polar surface area (TPSA) is 72.8 Å². The first kappa shape index (κ1) is 22.2. The summed E-state index contributed by atoms with van der Waals surface area (Å²) >= 11 is 0. The SMILES string of the molecule is CCCCCCC(CCCC)COC(=O)C(=O)OC.CO. The molecule has 0 fully saturated rings. The molecule has 0 aromatic carbocycles. The van der Waals surface area contributed by atoms with E-state index in [1.807, 2.05) is 0 Å². The molecular formula is C16H32O5. The van der Waals surface area contributed by atoms with Crippen LogP contribution < -0.4 is 0 Å². The number of esters is 2. The van der Waals surface area contributed by atoms with Gasteiger partial charge in [-0.25, -0.2) is 9.59 Å². The fraction of sp³-hybridized carbons (Fsp3) is 0.875. The summed E-state index contributed by atoms with van der Waals surface area (Å²) in [6, 6.07) is 0. The van der Waals surface area contributed by atoms with E-state index < -0.39 is 11.9 Å². The number of unbranched alkanes of at least 4 members (excludes halogenated alkanes) is 4. The molecule has 0 heterocycles. The van der Waals surface area contributed by atoms with Gasteiger partial charge >= 0.3 is 11.9 Å². The number of methoxy groups -OCH3 is 1. The monoisotopic (exact) mass is 304 g/mol. The van der Waals surface area contributed by atoms with Crippen molar-refractivity contribution in [1.82, 2.24) is 0 Å². The number of aliphatic hydroxyl groups excluding tert-OH is 1. The fourth-order valence-electron chi connectivity index (χ4n) is 2.00. The minimum absolute atomic E-state index is 0.333. The number of ether oxygens (including phenoxy) is 2. The molecule has 0 aliphatic rings. The quantitative estimate of drug-likeness (QED) is 0.381. The van der Waals surface area contributed by atoms with Crippen molar-refractivity contribution < 1.29 is 24.2 Å². The molecule has 1 unspecified atom stereocenters. The minimum atomic E-state index is -0.916. The van der Waals surface area contributed by atoms with Gasteiger partial charge in [-0.15, -0.1) is 0 Å². The van der Waals surface area contributed by atoms with Crippen molar-refractivity contribution >= 4 is 11.9 Å². The molecule has 0 aliphatic carbocycles. The molecule has 0 aromatic rings. The van der Waals surface area contributed by atoms with Crippen molar-refractivity contribution in [1.29, 1.82) is 0 Å². The van der Waals surface area contributed by atoms with Crippen LogP contribution >= 0.6 is 0 Å². The zero-order valence-corrected chi connectivity index (χ0v) is 14.0. The van der Waals surface area contributed by atoms with Gasteiger partial charge in [0.2, 0.25) is 0 Å². The number of carbonyl (C=O) groups excluding carboxylic acids is 2. The second-order valence-corrected chi connectivity index (χ2v) is 4.95. The molecule has 0 spiro atoms. The molecule has 0 aliphatic heterocycles. The molecule has 0 amide bonds. The Kier molecular flexibility index (Phi) is 17.9.